The molecule has 3 rings (SSSR count). The normalized spacial score (nSPS) is 11.9. The van der Waals surface area contributed by atoms with Crippen LogP contribution in [0.3, 0.4) is 0 Å². The smallest absolute Gasteiger partial charge is 0.416 e. The Hall–Kier alpha value is -2.28. The van der Waals surface area contributed by atoms with Crippen molar-refractivity contribution in [1.82, 2.24) is 9.97 Å². The highest BCUT2D eigenvalue weighted by Gasteiger charge is 2.32. The second-order valence-electron chi connectivity index (χ2n) is 4.40. The van der Waals surface area contributed by atoms with Crippen LogP contribution in [0, 0.1) is 12.1 Å². The first kappa shape index (κ1) is 14.6. The minimum Gasteiger partial charge on any atom is -0.453 e. The zero-order chi connectivity index (χ0) is 15.9. The van der Waals surface area contributed by atoms with E-state index in [0.717, 1.165) is 0 Å². The second kappa shape index (κ2) is 5.17. The number of halogens is 5. The van der Waals surface area contributed by atoms with Crippen LogP contribution in [0.1, 0.15) is 5.56 Å². The van der Waals surface area contributed by atoms with Crippen molar-refractivity contribution in [2.75, 3.05) is 0 Å². The highest BCUT2D eigenvalue weighted by atomic mass is 35.5. The summed E-state index contributed by atoms with van der Waals surface area (Å²) in [7, 11) is 0. The Morgan fingerprint density at radius 1 is 1.18 bits per heavy atom. The van der Waals surface area contributed by atoms with Gasteiger partial charge in [0.2, 0.25) is 0 Å². The molecule has 113 valence electrons. The molecule has 0 spiro atoms. The van der Waals surface area contributed by atoms with E-state index < -0.39 is 28.3 Å². The van der Waals surface area contributed by atoms with Crippen LogP contribution < -0.4 is 4.74 Å². The fraction of sp³-hybridized carbons (Fsp3) is 0.0714. The number of nitrogens with one attached hydrogen (secondary N) is 1. The van der Waals surface area contributed by atoms with Gasteiger partial charge >= 0.3 is 6.18 Å². The summed E-state index contributed by atoms with van der Waals surface area (Å²) in [6.45, 7) is 0. The molecule has 0 aliphatic rings. The average Bonchev–Trinajstić information content (AvgIpc) is 2.89. The number of benzene rings is 2. The molecule has 0 unspecified atom stereocenters. The molecular weight excluding hydrogens is 324 g/mol. The van der Waals surface area contributed by atoms with E-state index in [9.17, 15) is 17.6 Å². The average molecular weight is 330 g/mol. The van der Waals surface area contributed by atoms with E-state index in [1.807, 2.05) is 0 Å². The summed E-state index contributed by atoms with van der Waals surface area (Å²) in [6.07, 6.45) is -2.17. The van der Waals surface area contributed by atoms with E-state index in [2.05, 4.69) is 16.3 Å². The molecule has 8 heteroatoms. The van der Waals surface area contributed by atoms with Gasteiger partial charge in [0.05, 0.1) is 21.6 Å². The molecule has 0 bridgehead atoms. The second-order valence-corrected chi connectivity index (χ2v) is 4.80. The first-order valence-electron chi connectivity index (χ1n) is 5.94. The minimum absolute atomic E-state index is 0.200. The van der Waals surface area contributed by atoms with Crippen LogP contribution >= 0.6 is 11.6 Å². The zero-order valence-corrected chi connectivity index (χ0v) is 11.4. The van der Waals surface area contributed by atoms with Gasteiger partial charge in [-0.1, -0.05) is 11.6 Å². The van der Waals surface area contributed by atoms with Crippen LogP contribution in [0.25, 0.3) is 11.0 Å². The topological polar surface area (TPSA) is 37.9 Å². The SMILES string of the molecule is Fc1cc(C(F)(F)F)cc(Cl)c1Oc1ccc2n[c][nH]c2c1. The third kappa shape index (κ3) is 2.71. The summed E-state index contributed by atoms with van der Waals surface area (Å²) in [5, 5.41) is -0.469. The van der Waals surface area contributed by atoms with E-state index in [-0.39, 0.29) is 5.75 Å². The van der Waals surface area contributed by atoms with Crippen LogP contribution in [0.4, 0.5) is 17.6 Å². The van der Waals surface area contributed by atoms with Gasteiger partial charge in [-0.25, -0.2) is 9.37 Å². The lowest BCUT2D eigenvalue weighted by Gasteiger charge is -2.12. The van der Waals surface area contributed by atoms with Crippen LogP contribution in [0.2, 0.25) is 5.02 Å². The monoisotopic (exact) mass is 329 g/mol. The highest BCUT2D eigenvalue weighted by molar-refractivity contribution is 6.32. The van der Waals surface area contributed by atoms with E-state index in [1.165, 1.54) is 12.1 Å². The maximum Gasteiger partial charge on any atom is 0.416 e. The maximum atomic E-state index is 13.8. The van der Waals surface area contributed by atoms with Crippen molar-refractivity contribution in [3.63, 3.8) is 0 Å². The minimum atomic E-state index is -4.69. The number of aromatic nitrogens is 2. The number of rotatable bonds is 2. The van der Waals surface area contributed by atoms with Gasteiger partial charge in [-0.15, -0.1) is 0 Å². The summed E-state index contributed by atoms with van der Waals surface area (Å²) < 4.78 is 56.8. The van der Waals surface area contributed by atoms with Crippen molar-refractivity contribution in [3.05, 3.63) is 53.1 Å². The van der Waals surface area contributed by atoms with Gasteiger partial charge in [0.15, 0.2) is 17.9 Å². The van der Waals surface area contributed by atoms with Gasteiger partial charge in [-0.05, 0) is 24.3 Å². The fourth-order valence-corrected chi connectivity index (χ4v) is 2.11. The van der Waals surface area contributed by atoms with Gasteiger partial charge in [-0.3, -0.25) is 0 Å². The third-order valence-electron chi connectivity index (χ3n) is 2.88. The largest absolute Gasteiger partial charge is 0.453 e. The molecule has 0 saturated heterocycles. The lowest BCUT2D eigenvalue weighted by molar-refractivity contribution is -0.137. The highest BCUT2D eigenvalue weighted by Crippen LogP contribution is 2.38. The number of H-pyrrole nitrogens is 1. The van der Waals surface area contributed by atoms with E-state index >= 15 is 0 Å². The van der Waals surface area contributed by atoms with Crippen molar-refractivity contribution in [2.24, 2.45) is 0 Å². The standard InChI is InChI=1S/C14H6ClF4N2O/c15-9-3-7(14(17,18)19)4-10(16)13(9)22-8-1-2-11-12(5-8)21-6-20-11/h1-5H,(H,20,21). The first-order chi connectivity index (χ1) is 10.3. The molecule has 0 fully saturated rings. The van der Waals surface area contributed by atoms with Gasteiger partial charge < -0.3 is 9.72 Å². The van der Waals surface area contributed by atoms with E-state index in [0.29, 0.717) is 23.2 Å². The van der Waals surface area contributed by atoms with Gasteiger partial charge in [0.1, 0.15) is 5.75 Å². The molecule has 0 aliphatic heterocycles. The number of aromatic amines is 1. The zero-order valence-electron chi connectivity index (χ0n) is 10.6. The van der Waals surface area contributed by atoms with E-state index in [4.69, 9.17) is 16.3 Å². The molecule has 0 aliphatic carbocycles. The Labute approximate surface area is 126 Å². The Bertz CT molecular complexity index is 821. The number of hydrogen-bond acceptors (Lipinski definition) is 2. The number of imidazole rings is 1. The molecule has 1 heterocycles. The molecule has 0 amide bonds. The van der Waals surface area contributed by atoms with Crippen molar-refractivity contribution in [3.8, 4) is 11.5 Å². The summed E-state index contributed by atoms with van der Waals surface area (Å²) >= 11 is 5.70. The van der Waals surface area contributed by atoms with Crippen LogP contribution in [0.15, 0.2) is 30.3 Å². The van der Waals surface area contributed by atoms with Gasteiger partial charge in [-0.2, -0.15) is 13.2 Å². The molecule has 0 atom stereocenters. The van der Waals surface area contributed by atoms with Gasteiger partial charge in [0, 0.05) is 6.07 Å². The Kier molecular flexibility index (Phi) is 3.44. The van der Waals surface area contributed by atoms with Gasteiger partial charge in [0.25, 0.3) is 0 Å². The number of fused-ring (bicyclic) bond motifs is 1. The summed E-state index contributed by atoms with van der Waals surface area (Å²) in [5.74, 6) is -1.47. The molecule has 3 aromatic rings. The lowest BCUT2D eigenvalue weighted by Crippen LogP contribution is -2.06. The molecule has 1 N–H and O–H groups in total. The molecule has 3 nitrogen and oxygen atoms in total. The predicted octanol–water partition coefficient (Wildman–Crippen LogP) is 4.97. The molecular formula is C14H6ClF4N2O. The number of hydrogen-bond donors (Lipinski definition) is 1. The summed E-state index contributed by atoms with van der Waals surface area (Å²) in [5.41, 5.74) is 0.0215. The van der Waals surface area contributed by atoms with Crippen molar-refractivity contribution in [2.45, 2.75) is 6.18 Å². The third-order valence-corrected chi connectivity index (χ3v) is 3.16. The van der Waals surface area contributed by atoms with Crippen LogP contribution in [0.5, 0.6) is 11.5 Å². The number of alkyl halides is 3. The van der Waals surface area contributed by atoms with Crippen molar-refractivity contribution in [1.29, 1.82) is 0 Å². The quantitative estimate of drug-likeness (QED) is 0.674. The number of nitrogens with zero attached hydrogens (tertiary/aromatic N) is 1. The molecule has 0 saturated carbocycles. The Morgan fingerprint density at radius 2 is 1.95 bits per heavy atom. The molecule has 1 aromatic heterocycles. The molecule has 22 heavy (non-hydrogen) atoms. The van der Waals surface area contributed by atoms with Crippen molar-refractivity contribution < 1.29 is 22.3 Å². The van der Waals surface area contributed by atoms with E-state index in [1.54, 1.807) is 6.07 Å². The predicted molar refractivity (Wildman–Crippen MR) is 71.4 cm³/mol. The number of ether oxygens (including phenoxy) is 1. The van der Waals surface area contributed by atoms with Crippen molar-refractivity contribution >= 4 is 22.6 Å². The van der Waals surface area contributed by atoms with Crippen LogP contribution in [-0.4, -0.2) is 9.97 Å². The summed E-state index contributed by atoms with van der Waals surface area (Å²) in [6, 6.07) is 5.54. The Balaban J connectivity index is 1.98. The lowest BCUT2D eigenvalue weighted by atomic mass is 10.2. The maximum absolute atomic E-state index is 13.8. The summed E-state index contributed by atoms with van der Waals surface area (Å²) in [4.78, 5) is 6.59. The van der Waals surface area contributed by atoms with Crippen LogP contribution in [-0.2, 0) is 6.18 Å². The molecule has 1 radical (unpaired) electrons. The first-order valence-corrected chi connectivity index (χ1v) is 6.32. The Morgan fingerprint density at radius 3 is 2.64 bits per heavy atom. The fourth-order valence-electron chi connectivity index (χ4n) is 1.86. The molecule has 2 aromatic carbocycles.